The first-order valence-electron chi connectivity index (χ1n) is 14.3. The molecule has 2 aromatic carbocycles. The molecule has 0 atom stereocenters. The Balaban J connectivity index is 1.09. The van der Waals surface area contributed by atoms with Crippen molar-refractivity contribution in [3.8, 4) is 11.5 Å². The fraction of sp³-hybridized carbons (Fsp3) is 0.355. The summed E-state index contributed by atoms with van der Waals surface area (Å²) in [4.78, 5) is 47.9. The van der Waals surface area contributed by atoms with Crippen molar-refractivity contribution < 1.29 is 23.5 Å². The van der Waals surface area contributed by atoms with Crippen LogP contribution in [0.1, 0.15) is 18.4 Å². The van der Waals surface area contributed by atoms with Gasteiger partial charge in [0.05, 0.1) is 6.42 Å². The number of hydrogen-bond donors (Lipinski definition) is 3. The van der Waals surface area contributed by atoms with Crippen LogP contribution in [-0.2, 0) is 11.2 Å². The maximum atomic E-state index is 14.8. The van der Waals surface area contributed by atoms with Gasteiger partial charge in [-0.3, -0.25) is 20.3 Å². The van der Waals surface area contributed by atoms with Crippen LogP contribution < -0.4 is 20.7 Å². The average molecular weight is 590 g/mol. The minimum absolute atomic E-state index is 0.0403. The van der Waals surface area contributed by atoms with Gasteiger partial charge in [0.1, 0.15) is 11.6 Å². The standard InChI is InChI=1S/C31H36FN7O4/c1-37(2)24-19-39(20-24)23-11-14-38(15-12-23)31(42)35-28-18-25(10-13-33-28)43-27-9-8-22(17-26(27)32)34-30(41)36-29(40)16-21-6-4-3-5-7-21/h3-10,13,17-18,23-24H,11-12,14-16,19-20H2,1-2H3,(H,33,35,42)(H2,34,36,40,41). The number of likely N-dealkylation sites (N-methyl/N-ethyl adjacent to an activating group) is 1. The van der Waals surface area contributed by atoms with E-state index in [0.717, 1.165) is 37.6 Å². The molecule has 11 nitrogen and oxygen atoms in total. The molecule has 0 saturated carbocycles. The number of benzene rings is 2. The van der Waals surface area contributed by atoms with Gasteiger partial charge in [-0.2, -0.15) is 0 Å². The second-order valence-corrected chi connectivity index (χ2v) is 11.0. The smallest absolute Gasteiger partial charge is 0.325 e. The van der Waals surface area contributed by atoms with Gasteiger partial charge in [-0.25, -0.2) is 19.0 Å². The first kappa shape index (κ1) is 29.9. The van der Waals surface area contributed by atoms with E-state index in [9.17, 15) is 18.8 Å². The lowest BCUT2D eigenvalue weighted by atomic mass is 9.97. The zero-order valence-corrected chi connectivity index (χ0v) is 24.3. The maximum Gasteiger partial charge on any atom is 0.325 e. The number of anilines is 2. The molecule has 12 heteroatoms. The van der Waals surface area contributed by atoms with Crippen molar-refractivity contribution in [2.24, 2.45) is 0 Å². The number of piperidine rings is 1. The van der Waals surface area contributed by atoms with Crippen LogP contribution in [0.3, 0.4) is 0 Å². The Morgan fingerprint density at radius 2 is 1.74 bits per heavy atom. The molecule has 1 aromatic heterocycles. The number of nitrogens with one attached hydrogen (secondary N) is 3. The summed E-state index contributed by atoms with van der Waals surface area (Å²) in [6.45, 7) is 3.49. The molecule has 0 aliphatic carbocycles. The number of imide groups is 1. The molecule has 5 rings (SSSR count). The van der Waals surface area contributed by atoms with Gasteiger partial charge in [-0.1, -0.05) is 30.3 Å². The van der Waals surface area contributed by atoms with Crippen molar-refractivity contribution in [1.82, 2.24) is 25.0 Å². The number of aromatic nitrogens is 1. The minimum Gasteiger partial charge on any atom is -0.454 e. The van der Waals surface area contributed by atoms with E-state index in [-0.39, 0.29) is 35.5 Å². The minimum atomic E-state index is -0.772. The van der Waals surface area contributed by atoms with Crippen LogP contribution in [0.5, 0.6) is 11.5 Å². The number of halogens is 1. The lowest BCUT2D eigenvalue weighted by Gasteiger charge is -2.49. The number of carbonyl (C=O) groups excluding carboxylic acids is 3. The van der Waals surface area contributed by atoms with Gasteiger partial charge in [-0.15, -0.1) is 0 Å². The van der Waals surface area contributed by atoms with Crippen molar-refractivity contribution in [1.29, 1.82) is 0 Å². The van der Waals surface area contributed by atoms with E-state index < -0.39 is 17.8 Å². The molecule has 2 aliphatic heterocycles. The van der Waals surface area contributed by atoms with Crippen LogP contribution in [-0.4, -0.2) is 90.0 Å². The Morgan fingerprint density at radius 1 is 1.00 bits per heavy atom. The summed E-state index contributed by atoms with van der Waals surface area (Å²) in [6.07, 6.45) is 3.37. The van der Waals surface area contributed by atoms with E-state index >= 15 is 0 Å². The number of ether oxygens (including phenoxy) is 1. The molecule has 3 N–H and O–H groups in total. The Morgan fingerprint density at radius 3 is 2.44 bits per heavy atom. The second kappa shape index (κ2) is 13.6. The summed E-state index contributed by atoms with van der Waals surface area (Å²) in [5, 5.41) is 7.47. The Hall–Kier alpha value is -4.55. The van der Waals surface area contributed by atoms with Crippen LogP contribution in [0, 0.1) is 5.82 Å². The third-order valence-electron chi connectivity index (χ3n) is 7.73. The molecule has 3 heterocycles. The highest BCUT2D eigenvalue weighted by molar-refractivity contribution is 6.01. The summed E-state index contributed by atoms with van der Waals surface area (Å²) in [5.41, 5.74) is 0.910. The quantitative estimate of drug-likeness (QED) is 0.361. The zero-order valence-electron chi connectivity index (χ0n) is 24.3. The van der Waals surface area contributed by atoms with Crippen LogP contribution in [0.15, 0.2) is 66.9 Å². The van der Waals surface area contributed by atoms with Crippen molar-refractivity contribution in [2.45, 2.75) is 31.3 Å². The van der Waals surface area contributed by atoms with E-state index in [0.29, 0.717) is 25.2 Å². The lowest BCUT2D eigenvalue weighted by molar-refractivity contribution is -0.119. The Bertz CT molecular complexity index is 1440. The van der Waals surface area contributed by atoms with Crippen molar-refractivity contribution in [3.63, 3.8) is 0 Å². The summed E-state index contributed by atoms with van der Waals surface area (Å²) >= 11 is 0. The van der Waals surface area contributed by atoms with Gasteiger partial charge in [0.15, 0.2) is 11.6 Å². The first-order valence-corrected chi connectivity index (χ1v) is 14.3. The summed E-state index contributed by atoms with van der Waals surface area (Å²) in [7, 11) is 4.21. The van der Waals surface area contributed by atoms with E-state index in [1.165, 1.54) is 24.4 Å². The number of rotatable bonds is 8. The summed E-state index contributed by atoms with van der Waals surface area (Å²) in [5.74, 6) is -0.728. The maximum absolute atomic E-state index is 14.8. The number of hydrogen-bond acceptors (Lipinski definition) is 7. The topological polar surface area (TPSA) is 119 Å². The molecular weight excluding hydrogens is 553 g/mol. The number of urea groups is 2. The number of likely N-dealkylation sites (tertiary alicyclic amines) is 2. The second-order valence-electron chi connectivity index (χ2n) is 11.0. The number of nitrogens with zero attached hydrogens (tertiary/aromatic N) is 4. The van der Waals surface area contributed by atoms with Crippen molar-refractivity contribution in [3.05, 3.63) is 78.2 Å². The molecule has 2 fully saturated rings. The highest BCUT2D eigenvalue weighted by atomic mass is 19.1. The molecule has 5 amide bonds. The molecule has 0 bridgehead atoms. The predicted molar refractivity (Wildman–Crippen MR) is 161 cm³/mol. The average Bonchev–Trinajstić information content (AvgIpc) is 2.94. The summed E-state index contributed by atoms with van der Waals surface area (Å²) < 4.78 is 20.5. The Labute approximate surface area is 250 Å². The molecule has 226 valence electrons. The van der Waals surface area contributed by atoms with Crippen LogP contribution in [0.2, 0.25) is 0 Å². The highest BCUT2D eigenvalue weighted by Crippen LogP contribution is 2.28. The predicted octanol–water partition coefficient (Wildman–Crippen LogP) is 4.15. The normalized spacial score (nSPS) is 16.0. The van der Waals surface area contributed by atoms with Gasteiger partial charge in [0.25, 0.3) is 0 Å². The third-order valence-corrected chi connectivity index (χ3v) is 7.73. The van der Waals surface area contributed by atoms with Crippen LogP contribution in [0.4, 0.5) is 25.5 Å². The molecule has 0 unspecified atom stereocenters. The molecule has 0 radical (unpaired) electrons. The third kappa shape index (κ3) is 8.05. The van der Waals surface area contributed by atoms with Gasteiger partial charge in [0.2, 0.25) is 5.91 Å². The van der Waals surface area contributed by atoms with Gasteiger partial charge in [-0.05, 0) is 50.7 Å². The van der Waals surface area contributed by atoms with Gasteiger partial charge in [0, 0.05) is 62.3 Å². The molecule has 43 heavy (non-hydrogen) atoms. The van der Waals surface area contributed by atoms with E-state index in [1.807, 2.05) is 6.07 Å². The first-order chi connectivity index (χ1) is 20.7. The fourth-order valence-corrected chi connectivity index (χ4v) is 5.18. The van der Waals surface area contributed by atoms with E-state index in [1.54, 1.807) is 35.2 Å². The largest absolute Gasteiger partial charge is 0.454 e. The fourth-order valence-electron chi connectivity index (χ4n) is 5.18. The van der Waals surface area contributed by atoms with Gasteiger partial charge >= 0.3 is 12.1 Å². The van der Waals surface area contributed by atoms with Crippen molar-refractivity contribution in [2.75, 3.05) is 50.9 Å². The van der Waals surface area contributed by atoms with E-state index in [4.69, 9.17) is 4.74 Å². The summed E-state index contributed by atoms with van der Waals surface area (Å²) in [6, 6.07) is 16.1. The highest BCUT2D eigenvalue weighted by Gasteiger charge is 2.35. The molecule has 2 aliphatic rings. The molecular formula is C31H36FN7O4. The molecule has 3 aromatic rings. The monoisotopic (exact) mass is 589 g/mol. The number of amides is 5. The van der Waals surface area contributed by atoms with E-state index in [2.05, 4.69) is 44.8 Å². The number of pyridine rings is 1. The zero-order chi connectivity index (χ0) is 30.3. The molecule has 2 saturated heterocycles. The van der Waals surface area contributed by atoms with Crippen molar-refractivity contribution >= 4 is 29.5 Å². The number of carbonyl (C=O) groups is 3. The lowest BCUT2D eigenvalue weighted by Crippen LogP contribution is -2.62. The molecule has 0 spiro atoms. The van der Waals surface area contributed by atoms with Crippen LogP contribution in [0.25, 0.3) is 0 Å². The van der Waals surface area contributed by atoms with Gasteiger partial charge < -0.3 is 19.9 Å². The van der Waals surface area contributed by atoms with Crippen LogP contribution >= 0.6 is 0 Å². The Kier molecular flexibility index (Phi) is 9.48. The SMILES string of the molecule is CN(C)C1CN(C2CCN(C(=O)Nc3cc(Oc4ccc(NC(=O)NC(=O)Cc5ccccc5)cc4F)ccn3)CC2)C1.